The number of carboxylic acids is 1. The van der Waals surface area contributed by atoms with Crippen molar-refractivity contribution in [2.75, 3.05) is 0 Å². The van der Waals surface area contributed by atoms with Gasteiger partial charge in [-0.3, -0.25) is 4.79 Å². The van der Waals surface area contributed by atoms with Crippen LogP contribution >= 0.6 is 23.1 Å². The first-order valence-electron chi connectivity index (χ1n) is 8.71. The summed E-state index contributed by atoms with van der Waals surface area (Å²) >= 11 is 3.06. The number of hydrogen-bond donors (Lipinski definition) is 1. The van der Waals surface area contributed by atoms with Crippen molar-refractivity contribution in [2.24, 2.45) is 0 Å². The van der Waals surface area contributed by atoms with Crippen LogP contribution in [0.4, 0.5) is 13.2 Å². The highest BCUT2D eigenvalue weighted by Gasteiger charge is 2.30. The molecule has 1 N–H and O–H groups in total. The fraction of sp³-hybridized carbons (Fsp3) is 0.238. The fourth-order valence-corrected chi connectivity index (χ4v) is 5.02. The first kappa shape index (κ1) is 21.4. The zero-order valence-electron chi connectivity index (χ0n) is 15.7. The molecule has 0 saturated carbocycles. The molecule has 0 aliphatic carbocycles. The second-order valence-electron chi connectivity index (χ2n) is 6.56. The summed E-state index contributed by atoms with van der Waals surface area (Å²) < 4.78 is 38.2. The Balaban J connectivity index is 1.75. The van der Waals surface area contributed by atoms with Gasteiger partial charge < -0.3 is 5.11 Å². The molecule has 152 valence electrons. The number of benzene rings is 2. The van der Waals surface area contributed by atoms with Gasteiger partial charge in [0.15, 0.2) is 0 Å². The van der Waals surface area contributed by atoms with Gasteiger partial charge in [0, 0.05) is 21.1 Å². The monoisotopic (exact) mass is 437 g/mol. The van der Waals surface area contributed by atoms with Crippen molar-refractivity contribution < 1.29 is 23.1 Å². The molecule has 3 aromatic rings. The molecule has 0 atom stereocenters. The molecule has 1 heterocycles. The van der Waals surface area contributed by atoms with Crippen LogP contribution in [-0.2, 0) is 23.1 Å². The molecule has 0 fully saturated rings. The van der Waals surface area contributed by atoms with E-state index in [0.29, 0.717) is 16.3 Å². The van der Waals surface area contributed by atoms with E-state index in [1.807, 2.05) is 32.0 Å². The molecule has 8 heteroatoms. The Kier molecular flexibility index (Phi) is 6.33. The number of thiazole rings is 1. The Labute approximate surface area is 174 Å². The maximum atomic E-state index is 12.7. The minimum Gasteiger partial charge on any atom is -0.481 e. The summed E-state index contributed by atoms with van der Waals surface area (Å²) in [4.78, 5) is 17.5. The number of aliphatic carboxylic acids is 1. The molecule has 0 radical (unpaired) electrons. The molecule has 0 amide bonds. The number of thioether (sulfide) groups is 1. The van der Waals surface area contributed by atoms with Gasteiger partial charge in [0.05, 0.1) is 17.7 Å². The second kappa shape index (κ2) is 8.59. The Hall–Kier alpha value is -2.32. The lowest BCUT2D eigenvalue weighted by molar-refractivity contribution is -0.138. The predicted molar refractivity (Wildman–Crippen MR) is 109 cm³/mol. The first-order chi connectivity index (χ1) is 13.6. The largest absolute Gasteiger partial charge is 0.481 e. The van der Waals surface area contributed by atoms with Crippen LogP contribution in [-0.4, -0.2) is 16.1 Å². The van der Waals surface area contributed by atoms with E-state index in [0.717, 1.165) is 38.7 Å². The van der Waals surface area contributed by atoms with Gasteiger partial charge in [-0.2, -0.15) is 13.2 Å². The van der Waals surface area contributed by atoms with E-state index in [1.54, 1.807) is 11.8 Å². The molecular formula is C21H18F3NO2S2. The Morgan fingerprint density at radius 1 is 1.14 bits per heavy atom. The minimum atomic E-state index is -4.35. The number of halogens is 3. The highest BCUT2D eigenvalue weighted by molar-refractivity contribution is 7.98. The van der Waals surface area contributed by atoms with Crippen LogP contribution in [0.5, 0.6) is 0 Å². The molecule has 0 saturated heterocycles. The molecule has 1 aromatic heterocycles. The summed E-state index contributed by atoms with van der Waals surface area (Å²) in [5.41, 5.74) is 2.63. The number of alkyl halides is 3. The van der Waals surface area contributed by atoms with Gasteiger partial charge in [0.1, 0.15) is 5.01 Å². The van der Waals surface area contributed by atoms with Crippen molar-refractivity contribution in [3.8, 4) is 10.6 Å². The lowest BCUT2D eigenvalue weighted by atomic mass is 10.1. The average molecular weight is 438 g/mol. The predicted octanol–water partition coefficient (Wildman–Crippen LogP) is 6.37. The van der Waals surface area contributed by atoms with E-state index in [4.69, 9.17) is 5.11 Å². The SMILES string of the molecule is Cc1ccc(CC(=O)O)cc1SCc1sc(-c2ccc(C(F)(F)F)cc2)nc1C. The number of nitrogens with zero attached hydrogens (tertiary/aromatic N) is 1. The minimum absolute atomic E-state index is 0.0223. The van der Waals surface area contributed by atoms with E-state index in [-0.39, 0.29) is 6.42 Å². The first-order valence-corrected chi connectivity index (χ1v) is 10.5. The molecule has 2 aromatic carbocycles. The third-order valence-electron chi connectivity index (χ3n) is 4.32. The van der Waals surface area contributed by atoms with Gasteiger partial charge in [-0.1, -0.05) is 24.3 Å². The molecule has 0 aliphatic rings. The topological polar surface area (TPSA) is 50.2 Å². The number of aromatic nitrogens is 1. The third kappa shape index (κ3) is 5.39. The van der Waals surface area contributed by atoms with E-state index in [1.165, 1.54) is 23.5 Å². The zero-order valence-corrected chi connectivity index (χ0v) is 17.3. The molecule has 0 aliphatic heterocycles. The van der Waals surface area contributed by atoms with Crippen LogP contribution in [0, 0.1) is 13.8 Å². The number of carbonyl (C=O) groups is 1. The molecule has 0 bridgehead atoms. The van der Waals surface area contributed by atoms with E-state index >= 15 is 0 Å². The average Bonchev–Trinajstić information content (AvgIpc) is 3.02. The summed E-state index contributed by atoms with van der Waals surface area (Å²) in [5, 5.41) is 9.65. The number of aryl methyl sites for hydroxylation is 2. The van der Waals surface area contributed by atoms with Crippen molar-refractivity contribution in [1.82, 2.24) is 4.98 Å². The maximum Gasteiger partial charge on any atom is 0.416 e. The van der Waals surface area contributed by atoms with Gasteiger partial charge in [-0.05, 0) is 43.2 Å². The standard InChI is InChI=1S/C21H18F3NO2S2/c1-12-3-4-14(10-19(26)27)9-17(12)28-11-18-13(2)25-20(29-18)15-5-7-16(8-6-15)21(22,23)24/h3-9H,10-11H2,1-2H3,(H,26,27). The lowest BCUT2D eigenvalue weighted by Gasteiger charge is -2.07. The molecule has 3 rings (SSSR count). The van der Waals surface area contributed by atoms with Crippen LogP contribution < -0.4 is 0 Å². The van der Waals surface area contributed by atoms with Crippen molar-refractivity contribution in [2.45, 2.75) is 37.1 Å². The van der Waals surface area contributed by atoms with Gasteiger partial charge in [0.2, 0.25) is 0 Å². The van der Waals surface area contributed by atoms with Crippen LogP contribution in [0.1, 0.15) is 27.3 Å². The summed E-state index contributed by atoms with van der Waals surface area (Å²) in [6, 6.07) is 10.6. The Bertz CT molecular complexity index is 1030. The molecule has 3 nitrogen and oxygen atoms in total. The highest BCUT2D eigenvalue weighted by atomic mass is 32.2. The molecule has 0 unspecified atom stereocenters. The van der Waals surface area contributed by atoms with Gasteiger partial charge >= 0.3 is 12.1 Å². The van der Waals surface area contributed by atoms with Crippen LogP contribution in [0.25, 0.3) is 10.6 Å². The van der Waals surface area contributed by atoms with Gasteiger partial charge in [-0.15, -0.1) is 23.1 Å². The Morgan fingerprint density at radius 3 is 2.45 bits per heavy atom. The summed E-state index contributed by atoms with van der Waals surface area (Å²) in [6.07, 6.45) is -4.38. The van der Waals surface area contributed by atoms with Gasteiger partial charge in [-0.25, -0.2) is 4.98 Å². The van der Waals surface area contributed by atoms with Crippen molar-refractivity contribution in [1.29, 1.82) is 0 Å². The van der Waals surface area contributed by atoms with Gasteiger partial charge in [0.25, 0.3) is 0 Å². The summed E-state index contributed by atoms with van der Waals surface area (Å²) in [7, 11) is 0. The lowest BCUT2D eigenvalue weighted by Crippen LogP contribution is -2.03. The van der Waals surface area contributed by atoms with Crippen molar-refractivity contribution in [3.05, 3.63) is 69.7 Å². The van der Waals surface area contributed by atoms with Crippen LogP contribution in [0.2, 0.25) is 0 Å². The van der Waals surface area contributed by atoms with Crippen LogP contribution in [0.15, 0.2) is 47.4 Å². The number of hydrogen-bond acceptors (Lipinski definition) is 4. The fourth-order valence-electron chi connectivity index (χ4n) is 2.72. The second-order valence-corrected chi connectivity index (χ2v) is 8.66. The normalized spacial score (nSPS) is 11.6. The summed E-state index contributed by atoms with van der Waals surface area (Å²) in [5.74, 6) is -0.217. The highest BCUT2D eigenvalue weighted by Crippen LogP contribution is 2.35. The van der Waals surface area contributed by atoms with Crippen LogP contribution in [0.3, 0.4) is 0 Å². The maximum absolute atomic E-state index is 12.7. The molecule has 0 spiro atoms. The molecular weight excluding hydrogens is 419 g/mol. The quantitative estimate of drug-likeness (QED) is 0.456. The summed E-state index contributed by atoms with van der Waals surface area (Å²) in [6.45, 7) is 3.85. The van der Waals surface area contributed by atoms with Crippen molar-refractivity contribution >= 4 is 29.1 Å². The zero-order chi connectivity index (χ0) is 21.2. The van der Waals surface area contributed by atoms with Crippen molar-refractivity contribution in [3.63, 3.8) is 0 Å². The number of rotatable bonds is 6. The Morgan fingerprint density at radius 2 is 1.83 bits per heavy atom. The van der Waals surface area contributed by atoms with E-state index in [2.05, 4.69) is 4.98 Å². The number of carboxylic acid groups (broad SMARTS) is 1. The van der Waals surface area contributed by atoms with E-state index < -0.39 is 17.7 Å². The molecule has 29 heavy (non-hydrogen) atoms. The smallest absolute Gasteiger partial charge is 0.416 e. The van der Waals surface area contributed by atoms with E-state index in [9.17, 15) is 18.0 Å². The third-order valence-corrected chi connectivity index (χ3v) is 6.89.